The van der Waals surface area contributed by atoms with Crippen LogP contribution in [0.3, 0.4) is 0 Å². The van der Waals surface area contributed by atoms with Gasteiger partial charge in [-0.2, -0.15) is 13.2 Å². The van der Waals surface area contributed by atoms with E-state index in [1.54, 1.807) is 18.3 Å². The Morgan fingerprint density at radius 1 is 0.976 bits per heavy atom. The number of nitrogens with zero attached hydrogens (tertiary/aromatic N) is 2. The Bertz CT molecular complexity index is 1290. The number of hydrogen-bond donors (Lipinski definition) is 4. The van der Waals surface area contributed by atoms with E-state index < -0.39 is 29.7 Å². The SMILES string of the molecule is C[N+](CCN)(CCN)CCC[C@H](N)C(=O)N[C@@H](Cc1ccc(C(F)(F)F)cc1)C(=O)Cc1ccc2ncccc2c1. The maximum atomic E-state index is 13.4. The Balaban J connectivity index is 1.72. The molecule has 222 valence electrons. The molecule has 2 aromatic carbocycles. The number of Topliss-reactive ketones (excluding diaryl/α,β-unsaturated/α-hetero) is 1. The van der Waals surface area contributed by atoms with Crippen LogP contribution in [0, 0.1) is 0 Å². The van der Waals surface area contributed by atoms with Gasteiger partial charge >= 0.3 is 6.18 Å². The highest BCUT2D eigenvalue weighted by atomic mass is 19.4. The van der Waals surface area contributed by atoms with Crippen molar-refractivity contribution in [1.82, 2.24) is 10.3 Å². The normalized spacial score (nSPS) is 13.6. The molecule has 41 heavy (non-hydrogen) atoms. The average Bonchev–Trinajstić information content (AvgIpc) is 2.92. The minimum absolute atomic E-state index is 0.0274. The maximum Gasteiger partial charge on any atom is 0.416 e. The quantitative estimate of drug-likeness (QED) is 0.206. The summed E-state index contributed by atoms with van der Waals surface area (Å²) in [4.78, 5) is 30.8. The molecule has 7 N–H and O–H groups in total. The number of nitrogens with one attached hydrogen (secondary N) is 1. The summed E-state index contributed by atoms with van der Waals surface area (Å²) in [6, 6.07) is 11.9. The Labute approximate surface area is 238 Å². The van der Waals surface area contributed by atoms with Crippen molar-refractivity contribution < 1.29 is 27.2 Å². The number of benzene rings is 2. The highest BCUT2D eigenvalue weighted by Crippen LogP contribution is 2.29. The molecule has 0 aliphatic rings. The summed E-state index contributed by atoms with van der Waals surface area (Å²) in [6.45, 7) is 3.30. The molecule has 0 saturated heterocycles. The van der Waals surface area contributed by atoms with Crippen molar-refractivity contribution in [1.29, 1.82) is 0 Å². The lowest BCUT2D eigenvalue weighted by Gasteiger charge is -2.34. The lowest BCUT2D eigenvalue weighted by Crippen LogP contribution is -2.52. The molecule has 11 heteroatoms. The number of amides is 1. The molecule has 8 nitrogen and oxygen atoms in total. The highest BCUT2D eigenvalue weighted by Gasteiger charge is 2.30. The zero-order chi connectivity index (χ0) is 30.0. The molecular formula is C30H40F3N6O2+. The summed E-state index contributed by atoms with van der Waals surface area (Å²) < 4.78 is 39.8. The number of fused-ring (bicyclic) bond motifs is 1. The van der Waals surface area contributed by atoms with E-state index in [9.17, 15) is 22.8 Å². The first-order valence-electron chi connectivity index (χ1n) is 13.8. The van der Waals surface area contributed by atoms with Crippen LogP contribution >= 0.6 is 0 Å². The number of nitrogens with two attached hydrogens (primary N) is 3. The van der Waals surface area contributed by atoms with E-state index in [1.807, 2.05) is 18.2 Å². The van der Waals surface area contributed by atoms with Gasteiger partial charge < -0.3 is 27.0 Å². The lowest BCUT2D eigenvalue weighted by molar-refractivity contribution is -0.907. The Kier molecular flexibility index (Phi) is 11.4. The van der Waals surface area contributed by atoms with Gasteiger partial charge in [0.2, 0.25) is 5.91 Å². The maximum absolute atomic E-state index is 13.4. The van der Waals surface area contributed by atoms with E-state index in [-0.39, 0.29) is 18.6 Å². The van der Waals surface area contributed by atoms with Gasteiger partial charge in [0.05, 0.1) is 49.8 Å². The van der Waals surface area contributed by atoms with E-state index >= 15 is 0 Å². The molecule has 1 heterocycles. The van der Waals surface area contributed by atoms with Crippen molar-refractivity contribution in [2.24, 2.45) is 17.2 Å². The fourth-order valence-corrected chi connectivity index (χ4v) is 4.93. The van der Waals surface area contributed by atoms with Gasteiger partial charge in [-0.25, -0.2) is 0 Å². The van der Waals surface area contributed by atoms with Crippen LogP contribution in [-0.2, 0) is 28.6 Å². The predicted molar refractivity (Wildman–Crippen MR) is 154 cm³/mol. The smallest absolute Gasteiger partial charge is 0.345 e. The van der Waals surface area contributed by atoms with Crippen LogP contribution in [0.4, 0.5) is 13.2 Å². The first-order chi connectivity index (χ1) is 19.4. The Morgan fingerprint density at radius 2 is 1.63 bits per heavy atom. The van der Waals surface area contributed by atoms with Crippen molar-refractivity contribution in [2.75, 3.05) is 39.8 Å². The third-order valence-electron chi connectivity index (χ3n) is 7.36. The van der Waals surface area contributed by atoms with Crippen molar-refractivity contribution in [3.63, 3.8) is 0 Å². The van der Waals surface area contributed by atoms with E-state index in [4.69, 9.17) is 17.2 Å². The molecule has 3 aromatic rings. The van der Waals surface area contributed by atoms with Gasteiger partial charge in [0, 0.05) is 31.1 Å². The van der Waals surface area contributed by atoms with Gasteiger partial charge in [0.1, 0.15) is 0 Å². The van der Waals surface area contributed by atoms with Crippen LogP contribution < -0.4 is 22.5 Å². The largest absolute Gasteiger partial charge is 0.416 e. The van der Waals surface area contributed by atoms with Gasteiger partial charge in [-0.05, 0) is 60.7 Å². The molecule has 0 aliphatic heterocycles. The molecule has 0 radical (unpaired) electrons. The fraction of sp³-hybridized carbons (Fsp3) is 0.433. The molecule has 0 unspecified atom stereocenters. The molecule has 1 amide bonds. The van der Waals surface area contributed by atoms with Gasteiger partial charge in [-0.1, -0.05) is 24.3 Å². The lowest BCUT2D eigenvalue weighted by atomic mass is 9.96. The van der Waals surface area contributed by atoms with Crippen LogP contribution in [-0.4, -0.2) is 73.0 Å². The van der Waals surface area contributed by atoms with Gasteiger partial charge in [0.25, 0.3) is 0 Å². The number of rotatable bonds is 15. The topological polar surface area (TPSA) is 137 Å². The number of pyridine rings is 1. The van der Waals surface area contributed by atoms with Crippen LogP contribution in [0.2, 0.25) is 0 Å². The number of hydrogen-bond acceptors (Lipinski definition) is 6. The number of halogens is 3. The van der Waals surface area contributed by atoms with E-state index in [0.717, 1.165) is 48.2 Å². The first kappa shape index (κ1) is 32.1. The molecule has 0 saturated carbocycles. The summed E-state index contributed by atoms with van der Waals surface area (Å²) >= 11 is 0. The monoisotopic (exact) mass is 573 g/mol. The number of ketones is 1. The van der Waals surface area contributed by atoms with Gasteiger partial charge in [-0.3, -0.25) is 14.6 Å². The summed E-state index contributed by atoms with van der Waals surface area (Å²) in [5.41, 5.74) is 18.9. The number of carbonyl (C=O) groups excluding carboxylic acids is 2. The third kappa shape index (κ3) is 9.60. The van der Waals surface area contributed by atoms with Gasteiger partial charge in [0.15, 0.2) is 5.78 Å². The average molecular weight is 574 g/mol. The molecule has 3 rings (SSSR count). The van der Waals surface area contributed by atoms with Crippen LogP contribution in [0.15, 0.2) is 60.8 Å². The second kappa shape index (κ2) is 14.5. The number of aromatic nitrogens is 1. The van der Waals surface area contributed by atoms with Crippen molar-refractivity contribution in [3.05, 3.63) is 77.5 Å². The second-order valence-electron chi connectivity index (χ2n) is 10.7. The molecule has 1 aromatic heterocycles. The van der Waals surface area contributed by atoms with Crippen LogP contribution in [0.1, 0.15) is 29.5 Å². The molecular weight excluding hydrogens is 533 g/mol. The summed E-state index contributed by atoms with van der Waals surface area (Å²) in [6.07, 6.45) is -1.67. The fourth-order valence-electron chi connectivity index (χ4n) is 4.93. The number of carbonyl (C=O) groups is 2. The third-order valence-corrected chi connectivity index (χ3v) is 7.36. The summed E-state index contributed by atoms with van der Waals surface area (Å²) in [5.74, 6) is -0.756. The highest BCUT2D eigenvalue weighted by molar-refractivity contribution is 5.92. The molecule has 2 atom stereocenters. The van der Waals surface area contributed by atoms with Crippen molar-refractivity contribution in [2.45, 2.75) is 43.9 Å². The van der Waals surface area contributed by atoms with Crippen LogP contribution in [0.25, 0.3) is 10.9 Å². The van der Waals surface area contributed by atoms with E-state index in [1.165, 1.54) is 12.1 Å². The summed E-state index contributed by atoms with van der Waals surface area (Å²) in [5, 5.41) is 3.65. The zero-order valence-corrected chi connectivity index (χ0v) is 23.4. The standard InChI is InChI=1S/C30H39F3N6O2/c1-39(16-12-34,17-13-35)15-3-5-25(36)29(41)38-27(19-21-6-9-24(10-7-21)30(31,32)33)28(40)20-22-8-11-26-23(18-22)4-2-14-37-26/h2,4,6-11,14,18,25,27H,3,5,12-13,15-17,19-20,34-36H2,1H3/p+1/t25-,27-/m0/s1. The number of quaternary nitrogens is 1. The molecule has 0 aliphatic carbocycles. The molecule has 0 fully saturated rings. The summed E-state index contributed by atoms with van der Waals surface area (Å²) in [7, 11) is 2.06. The van der Waals surface area contributed by atoms with E-state index in [0.29, 0.717) is 36.0 Å². The Hall–Kier alpha value is -3.38. The number of likely N-dealkylation sites (N-methyl/N-ethyl adjacent to an activating group) is 1. The second-order valence-corrected chi connectivity index (χ2v) is 10.7. The predicted octanol–water partition coefficient (Wildman–Crippen LogP) is 2.56. The van der Waals surface area contributed by atoms with Crippen molar-refractivity contribution >= 4 is 22.6 Å². The molecule has 0 bridgehead atoms. The van der Waals surface area contributed by atoms with Crippen molar-refractivity contribution in [3.8, 4) is 0 Å². The van der Waals surface area contributed by atoms with Gasteiger partial charge in [-0.15, -0.1) is 0 Å². The minimum Gasteiger partial charge on any atom is -0.345 e. The van der Waals surface area contributed by atoms with E-state index in [2.05, 4.69) is 17.3 Å². The Morgan fingerprint density at radius 3 is 2.27 bits per heavy atom. The number of alkyl halides is 3. The van der Waals surface area contributed by atoms with Crippen LogP contribution in [0.5, 0.6) is 0 Å². The minimum atomic E-state index is -4.47. The molecule has 0 spiro atoms. The first-order valence-corrected chi connectivity index (χ1v) is 13.8. The zero-order valence-electron chi connectivity index (χ0n) is 23.4.